The van der Waals surface area contributed by atoms with Crippen LogP contribution in [0.15, 0.2) is 0 Å². The molecule has 0 radical (unpaired) electrons. The van der Waals surface area contributed by atoms with Crippen LogP contribution in [-0.2, 0) is 4.57 Å². The molecule has 4 heavy (non-hydrogen) atoms. The number of halogens is 1. The van der Waals surface area contributed by atoms with Gasteiger partial charge in [0.15, 0.2) is 0 Å². The Morgan fingerprint density at radius 1 is 2.00 bits per heavy atom. The van der Waals surface area contributed by atoms with Crippen LogP contribution in [0.25, 0.3) is 0 Å². The fourth-order valence-corrected chi connectivity index (χ4v) is 0. The highest BCUT2D eigenvalue weighted by molar-refractivity contribution is 7.35. The van der Waals surface area contributed by atoms with Gasteiger partial charge in [0.05, 0.1) is 0 Å². The van der Waals surface area contributed by atoms with E-state index in [0.29, 0.717) is 0 Å². The van der Waals surface area contributed by atoms with Crippen LogP contribution in [0.2, 0.25) is 0 Å². The smallest absolute Gasteiger partial charge is 0.274 e. The summed E-state index contributed by atoms with van der Waals surface area (Å²) in [7, 11) is -3.13. The zero-order chi connectivity index (χ0) is 3.58. The van der Waals surface area contributed by atoms with E-state index in [1.165, 1.54) is 0 Å². The quantitative estimate of drug-likeness (QED) is 0.428. The highest BCUT2D eigenvalue weighted by Gasteiger charge is 1.64. The minimum absolute atomic E-state index is 3.13. The molecule has 0 aromatic rings. The minimum Gasteiger partial charge on any atom is -0.274 e. The summed E-state index contributed by atoms with van der Waals surface area (Å²) in [4.78, 5) is 0. The van der Waals surface area contributed by atoms with Gasteiger partial charge < -0.3 is 0 Å². The first-order valence-corrected chi connectivity index (χ1v) is 2.05. The lowest BCUT2D eigenvalue weighted by Crippen LogP contribution is -1.62. The van der Waals surface area contributed by atoms with Crippen LogP contribution in [-0.4, -0.2) is 0 Å². The first-order valence-electron chi connectivity index (χ1n) is 0.682. The Labute approximate surface area is 23.8 Å². The van der Waals surface area contributed by atoms with E-state index < -0.39 is 8.26 Å². The third-order valence-electron chi connectivity index (χ3n) is 0. The highest BCUT2D eigenvalue weighted by Crippen LogP contribution is 2.04. The van der Waals surface area contributed by atoms with Crippen LogP contribution in [0, 0.1) is 0 Å². The molecule has 2 N–H and O–H groups in total. The van der Waals surface area contributed by atoms with Gasteiger partial charge in [-0.3, -0.25) is 10.1 Å². The summed E-state index contributed by atoms with van der Waals surface area (Å²) in [6, 6.07) is 0. The van der Waals surface area contributed by atoms with Crippen molar-refractivity contribution in [2.75, 3.05) is 0 Å². The molecule has 0 aromatic carbocycles. The lowest BCUT2D eigenvalue weighted by atomic mass is 13.9. The maximum absolute atomic E-state index is 10.3. The summed E-state index contributed by atoms with van der Waals surface area (Å²) in [6.07, 6.45) is 0. The third kappa shape index (κ3) is 185. The molecule has 4 heteroatoms. The predicted molar refractivity (Wildman–Crippen MR) is 14.3 cm³/mol. The molecule has 0 amide bonds. The van der Waals surface area contributed by atoms with Crippen molar-refractivity contribution in [2.45, 2.75) is 0 Å². The summed E-state index contributed by atoms with van der Waals surface area (Å²) in [6.45, 7) is 0. The Balaban J connectivity index is 2.80. The fraction of sp³-hybridized carbons (Fsp3) is 0. The summed E-state index contributed by atoms with van der Waals surface area (Å²) < 4.78 is 19.1. The van der Waals surface area contributed by atoms with Crippen LogP contribution >= 0.6 is 8.26 Å². The van der Waals surface area contributed by atoms with E-state index in [4.69, 9.17) is 4.57 Å². The van der Waals surface area contributed by atoms with Gasteiger partial charge in [-0.15, -0.1) is 0 Å². The molecular weight excluding hydrogens is 80.0 g/mol. The molecule has 0 aromatic heterocycles. The zero-order valence-electron chi connectivity index (χ0n) is 1.86. The average molecular weight is 83.0 g/mol. The lowest BCUT2D eigenvalue weighted by Gasteiger charge is -1.57. The number of nitrogens with two attached hydrogens (primary N) is 1. The largest absolute Gasteiger partial charge is 0.294 e. The monoisotopic (exact) mass is 83.0 g/mol. The van der Waals surface area contributed by atoms with E-state index >= 15 is 0 Å². The van der Waals surface area contributed by atoms with E-state index in [0.717, 1.165) is 0 Å². The maximum atomic E-state index is 10.3. The van der Waals surface area contributed by atoms with Gasteiger partial charge >= 0.3 is 0 Å². The zero-order valence-corrected chi connectivity index (χ0v) is 2.86. The molecule has 1 unspecified atom stereocenters. The van der Waals surface area contributed by atoms with Crippen LogP contribution in [0.4, 0.5) is 4.20 Å². The topological polar surface area (TPSA) is 43.1 Å². The van der Waals surface area contributed by atoms with Crippen molar-refractivity contribution in [3.63, 3.8) is 0 Å². The van der Waals surface area contributed by atoms with Gasteiger partial charge in [-0.2, -0.15) is 4.20 Å². The van der Waals surface area contributed by atoms with Crippen molar-refractivity contribution in [1.29, 1.82) is 0 Å². The Morgan fingerprint density at radius 3 is 2.00 bits per heavy atom. The first-order chi connectivity index (χ1) is 1.73. The summed E-state index contributed by atoms with van der Waals surface area (Å²) in [5.41, 5.74) is 3.99. The van der Waals surface area contributed by atoms with Gasteiger partial charge in [0.1, 0.15) is 0 Å². The molecule has 0 rings (SSSR count). The van der Waals surface area contributed by atoms with Crippen molar-refractivity contribution in [2.24, 2.45) is 5.50 Å². The molecule has 0 heterocycles. The fourth-order valence-electron chi connectivity index (χ4n) is 0. The van der Waals surface area contributed by atoms with Gasteiger partial charge in [0.2, 0.25) is 0 Å². The van der Waals surface area contributed by atoms with Crippen molar-refractivity contribution in [3.05, 3.63) is 0 Å². The van der Waals surface area contributed by atoms with E-state index in [1.807, 2.05) is 0 Å². The number of hydrogen-bond donors (Lipinski definition) is 1. The average Bonchev–Trinajstić information content (AvgIpc) is 0.811. The second-order valence-electron chi connectivity index (χ2n) is 0.304. The molecule has 0 saturated heterocycles. The van der Waals surface area contributed by atoms with Crippen molar-refractivity contribution in [1.82, 2.24) is 0 Å². The normalized spacial score (nSPS) is 15.5. The molecule has 0 bridgehead atoms. The number of hydrogen-bond acceptors (Lipinski definition) is 1. The van der Waals surface area contributed by atoms with Crippen LogP contribution in [0.5, 0.6) is 0 Å². The molecular formula is H3FNOP. The van der Waals surface area contributed by atoms with E-state index in [-0.39, 0.29) is 0 Å². The Hall–Kier alpha value is 0.120. The predicted octanol–water partition coefficient (Wildman–Crippen LogP) is 0.304. The molecule has 1 atom stereocenters. The Bertz CT molecular complexity index is 31.0. The number of rotatable bonds is 0. The molecule has 26 valence electrons. The molecule has 0 aliphatic heterocycles. The molecule has 0 saturated carbocycles. The van der Waals surface area contributed by atoms with Gasteiger partial charge in [0.25, 0.3) is 8.26 Å². The van der Waals surface area contributed by atoms with Crippen LogP contribution in [0.3, 0.4) is 0 Å². The standard InChI is InChI=1S/FH3NOP/c1-4(2)3/h4H,(H2,2,3). The van der Waals surface area contributed by atoms with Crippen molar-refractivity contribution < 1.29 is 8.76 Å². The van der Waals surface area contributed by atoms with E-state index in [2.05, 4.69) is 5.50 Å². The molecule has 0 aliphatic rings. The SMILES string of the molecule is N[PH](=O)F. The summed E-state index contributed by atoms with van der Waals surface area (Å²) in [5.74, 6) is 0. The summed E-state index contributed by atoms with van der Waals surface area (Å²) in [5, 5.41) is 0. The Morgan fingerprint density at radius 2 is 2.00 bits per heavy atom. The van der Waals surface area contributed by atoms with Crippen molar-refractivity contribution >= 4 is 8.26 Å². The van der Waals surface area contributed by atoms with E-state index in [9.17, 15) is 4.20 Å². The maximum Gasteiger partial charge on any atom is 0.294 e. The second-order valence-corrected chi connectivity index (χ2v) is 0.912. The highest BCUT2D eigenvalue weighted by atomic mass is 31.1. The van der Waals surface area contributed by atoms with Crippen LogP contribution < -0.4 is 5.50 Å². The molecule has 2 nitrogen and oxygen atoms in total. The van der Waals surface area contributed by atoms with Gasteiger partial charge in [-0.05, 0) is 0 Å². The van der Waals surface area contributed by atoms with Gasteiger partial charge in [-0.1, -0.05) is 0 Å². The minimum atomic E-state index is -3.13. The van der Waals surface area contributed by atoms with Gasteiger partial charge in [-0.25, -0.2) is 0 Å². The molecule has 0 spiro atoms. The van der Waals surface area contributed by atoms with Gasteiger partial charge in [0, 0.05) is 0 Å². The first kappa shape index (κ1) is 4.12. The lowest BCUT2D eigenvalue weighted by molar-refractivity contribution is 0.561. The second kappa shape index (κ2) is 1.44. The van der Waals surface area contributed by atoms with E-state index in [1.54, 1.807) is 0 Å². The molecule has 0 aliphatic carbocycles. The van der Waals surface area contributed by atoms with Crippen molar-refractivity contribution in [3.8, 4) is 0 Å². The third-order valence-corrected chi connectivity index (χ3v) is 0. The molecule has 0 fully saturated rings. The Kier molecular flexibility index (Phi) is 1.48. The van der Waals surface area contributed by atoms with Crippen LogP contribution in [0.1, 0.15) is 0 Å². The summed E-state index contributed by atoms with van der Waals surface area (Å²) >= 11 is 0.